The average molecular weight is 444 g/mol. The van der Waals surface area contributed by atoms with Crippen molar-refractivity contribution in [1.82, 2.24) is 25.0 Å². The van der Waals surface area contributed by atoms with Crippen LogP contribution in [0.5, 0.6) is 0 Å². The molecule has 1 N–H and O–H groups in total. The first-order valence-electron chi connectivity index (χ1n) is 11.3. The zero-order chi connectivity index (χ0) is 21.6. The molecule has 2 amide bonds. The minimum Gasteiger partial charge on any atom is -0.350 e. The number of rotatable bonds is 7. The molecular weight excluding hydrogens is 414 g/mol. The van der Waals surface area contributed by atoms with E-state index in [0.29, 0.717) is 36.9 Å². The number of nitrogens with one attached hydrogen (secondary N) is 1. The third kappa shape index (κ3) is 5.45. The molecule has 7 nitrogen and oxygen atoms in total. The van der Waals surface area contributed by atoms with Crippen LogP contribution in [0.25, 0.3) is 5.69 Å². The molecule has 2 aromatic rings. The molecule has 0 bridgehead atoms. The molecule has 166 valence electrons. The molecular formula is C23H30ClN5O2. The number of likely N-dealkylation sites (tertiary alicyclic amines) is 1. The molecule has 1 saturated carbocycles. The lowest BCUT2D eigenvalue weighted by Crippen LogP contribution is -2.45. The van der Waals surface area contributed by atoms with Gasteiger partial charge in [-0.05, 0) is 48.9 Å². The van der Waals surface area contributed by atoms with Crippen molar-refractivity contribution in [2.75, 3.05) is 6.54 Å². The van der Waals surface area contributed by atoms with Gasteiger partial charge in [0.1, 0.15) is 18.7 Å². The van der Waals surface area contributed by atoms with Gasteiger partial charge in [0.05, 0.1) is 5.69 Å². The fourth-order valence-electron chi connectivity index (χ4n) is 4.84. The van der Waals surface area contributed by atoms with Crippen LogP contribution in [-0.2, 0) is 16.1 Å². The fourth-order valence-corrected chi connectivity index (χ4v) is 5.03. The second-order valence-corrected chi connectivity index (χ2v) is 9.06. The molecule has 2 aliphatic rings. The Hall–Kier alpha value is -2.41. The Morgan fingerprint density at radius 3 is 2.74 bits per heavy atom. The highest BCUT2D eigenvalue weighted by atomic mass is 35.5. The Bertz CT molecular complexity index is 895. The summed E-state index contributed by atoms with van der Waals surface area (Å²) in [7, 11) is 0. The van der Waals surface area contributed by atoms with Crippen molar-refractivity contribution in [2.45, 2.75) is 70.4 Å². The molecule has 1 saturated heterocycles. The lowest BCUT2D eigenvalue weighted by atomic mass is 9.86. The van der Waals surface area contributed by atoms with E-state index in [-0.39, 0.29) is 17.9 Å². The molecule has 1 atom stereocenters. The van der Waals surface area contributed by atoms with Crippen molar-refractivity contribution in [3.8, 4) is 5.69 Å². The average Bonchev–Trinajstić information content (AvgIpc) is 3.49. The fraction of sp³-hybridized carbons (Fsp3) is 0.565. The summed E-state index contributed by atoms with van der Waals surface area (Å²) in [4.78, 5) is 31.6. The van der Waals surface area contributed by atoms with Gasteiger partial charge in [-0.3, -0.25) is 9.59 Å². The second kappa shape index (κ2) is 10.3. The minimum atomic E-state index is -0.382. The number of carbonyl (C=O) groups excluding carboxylic acids is 2. The van der Waals surface area contributed by atoms with Gasteiger partial charge in [0.25, 0.3) is 0 Å². The van der Waals surface area contributed by atoms with Gasteiger partial charge in [-0.15, -0.1) is 0 Å². The normalized spacial score (nSPS) is 19.5. The summed E-state index contributed by atoms with van der Waals surface area (Å²) in [5.74, 6) is 0.688. The monoisotopic (exact) mass is 443 g/mol. The van der Waals surface area contributed by atoms with Crippen molar-refractivity contribution in [2.24, 2.45) is 5.92 Å². The van der Waals surface area contributed by atoms with E-state index < -0.39 is 0 Å². The van der Waals surface area contributed by atoms with E-state index in [0.717, 1.165) is 24.1 Å². The summed E-state index contributed by atoms with van der Waals surface area (Å²) in [6.45, 7) is 0.984. The van der Waals surface area contributed by atoms with Crippen molar-refractivity contribution in [3.63, 3.8) is 0 Å². The number of benzene rings is 1. The molecule has 2 heterocycles. The van der Waals surface area contributed by atoms with Crippen molar-refractivity contribution in [1.29, 1.82) is 0 Å². The third-order valence-electron chi connectivity index (χ3n) is 6.53. The van der Waals surface area contributed by atoms with E-state index in [2.05, 4.69) is 15.4 Å². The highest BCUT2D eigenvalue weighted by Gasteiger charge is 2.34. The van der Waals surface area contributed by atoms with Gasteiger partial charge in [0.2, 0.25) is 11.8 Å². The van der Waals surface area contributed by atoms with Gasteiger partial charge in [-0.2, -0.15) is 5.10 Å². The van der Waals surface area contributed by atoms with Crippen LogP contribution in [0.2, 0.25) is 5.02 Å². The van der Waals surface area contributed by atoms with Gasteiger partial charge >= 0.3 is 0 Å². The standard InChI is InChI=1S/C23H30ClN5O2/c24-19-9-10-20(29-16-25-15-27-29)18(13-19)14-26-23(31)21-7-4-12-28(21)22(30)11-8-17-5-2-1-3-6-17/h9-10,13,15-17,21H,1-8,11-12,14H2,(H,26,31). The SMILES string of the molecule is O=C(NCc1cc(Cl)ccc1-n1cncn1)C1CCCN1C(=O)CCC1CCCCC1. The Labute approximate surface area is 188 Å². The largest absolute Gasteiger partial charge is 0.350 e. The summed E-state index contributed by atoms with van der Waals surface area (Å²) < 4.78 is 1.65. The Kier molecular flexibility index (Phi) is 7.22. The molecule has 4 rings (SSSR count). The summed E-state index contributed by atoms with van der Waals surface area (Å²) >= 11 is 6.17. The van der Waals surface area contributed by atoms with Crippen LogP contribution in [0.1, 0.15) is 63.4 Å². The summed E-state index contributed by atoms with van der Waals surface area (Å²) in [5.41, 5.74) is 1.66. The van der Waals surface area contributed by atoms with Crippen LogP contribution in [0.4, 0.5) is 0 Å². The van der Waals surface area contributed by atoms with Crippen LogP contribution in [0.3, 0.4) is 0 Å². The Balaban J connectivity index is 1.35. The first kappa shape index (κ1) is 21.8. The van der Waals surface area contributed by atoms with Crippen molar-refractivity contribution < 1.29 is 9.59 Å². The van der Waals surface area contributed by atoms with Gasteiger partial charge in [0.15, 0.2) is 0 Å². The smallest absolute Gasteiger partial charge is 0.243 e. The molecule has 1 unspecified atom stereocenters. The zero-order valence-corrected chi connectivity index (χ0v) is 18.6. The van der Waals surface area contributed by atoms with E-state index >= 15 is 0 Å². The summed E-state index contributed by atoms with van der Waals surface area (Å²) in [6, 6.07) is 5.08. The number of aromatic nitrogens is 3. The van der Waals surface area contributed by atoms with E-state index in [1.165, 1.54) is 38.4 Å². The first-order valence-corrected chi connectivity index (χ1v) is 11.7. The molecule has 1 aromatic carbocycles. The Morgan fingerprint density at radius 1 is 1.13 bits per heavy atom. The molecule has 2 fully saturated rings. The lowest BCUT2D eigenvalue weighted by molar-refractivity contribution is -0.138. The van der Waals surface area contributed by atoms with Crippen LogP contribution in [-0.4, -0.2) is 44.1 Å². The quantitative estimate of drug-likeness (QED) is 0.704. The molecule has 1 aromatic heterocycles. The molecule has 31 heavy (non-hydrogen) atoms. The van der Waals surface area contributed by atoms with E-state index in [1.54, 1.807) is 22.0 Å². The van der Waals surface area contributed by atoms with E-state index in [1.807, 2.05) is 12.1 Å². The van der Waals surface area contributed by atoms with Crippen LogP contribution in [0.15, 0.2) is 30.9 Å². The number of halogens is 1. The van der Waals surface area contributed by atoms with Gasteiger partial charge < -0.3 is 10.2 Å². The number of hydrogen-bond donors (Lipinski definition) is 1. The zero-order valence-electron chi connectivity index (χ0n) is 17.8. The predicted molar refractivity (Wildman–Crippen MR) is 119 cm³/mol. The number of hydrogen-bond acceptors (Lipinski definition) is 4. The van der Waals surface area contributed by atoms with Gasteiger partial charge in [-0.1, -0.05) is 43.7 Å². The predicted octanol–water partition coefficient (Wildman–Crippen LogP) is 3.89. The molecule has 8 heteroatoms. The topological polar surface area (TPSA) is 80.1 Å². The number of carbonyl (C=O) groups is 2. The van der Waals surface area contributed by atoms with E-state index in [9.17, 15) is 9.59 Å². The summed E-state index contributed by atoms with van der Waals surface area (Å²) in [6.07, 6.45) is 12.5. The molecule has 0 radical (unpaired) electrons. The maximum absolute atomic E-state index is 12.9. The van der Waals surface area contributed by atoms with Gasteiger partial charge in [-0.25, -0.2) is 9.67 Å². The maximum atomic E-state index is 12.9. The molecule has 0 spiro atoms. The van der Waals surface area contributed by atoms with Crippen LogP contribution < -0.4 is 5.32 Å². The van der Waals surface area contributed by atoms with Crippen LogP contribution >= 0.6 is 11.6 Å². The molecule has 1 aliphatic heterocycles. The maximum Gasteiger partial charge on any atom is 0.243 e. The summed E-state index contributed by atoms with van der Waals surface area (Å²) in [5, 5.41) is 7.77. The van der Waals surface area contributed by atoms with Gasteiger partial charge in [0, 0.05) is 24.5 Å². The van der Waals surface area contributed by atoms with Crippen molar-refractivity contribution >= 4 is 23.4 Å². The minimum absolute atomic E-state index is 0.104. The second-order valence-electron chi connectivity index (χ2n) is 8.62. The van der Waals surface area contributed by atoms with Crippen LogP contribution in [0, 0.1) is 5.92 Å². The van der Waals surface area contributed by atoms with Crippen molar-refractivity contribution in [3.05, 3.63) is 41.4 Å². The highest BCUT2D eigenvalue weighted by Crippen LogP contribution is 2.28. The Morgan fingerprint density at radius 2 is 1.97 bits per heavy atom. The highest BCUT2D eigenvalue weighted by molar-refractivity contribution is 6.30. The third-order valence-corrected chi connectivity index (χ3v) is 6.76. The number of amides is 2. The molecule has 1 aliphatic carbocycles. The number of nitrogens with zero attached hydrogens (tertiary/aromatic N) is 4. The van der Waals surface area contributed by atoms with E-state index in [4.69, 9.17) is 11.6 Å². The first-order chi connectivity index (χ1) is 15.1. The lowest BCUT2D eigenvalue weighted by Gasteiger charge is -2.26.